The second-order valence-electron chi connectivity index (χ2n) is 6.20. The third-order valence-corrected chi connectivity index (χ3v) is 4.94. The SMILES string of the molecule is COc1cc2c(c(OC)c1OC)CNC[C@H]2N1CCN(C)CC1. The van der Waals surface area contributed by atoms with Gasteiger partial charge in [0.05, 0.1) is 21.3 Å². The molecule has 3 rings (SSSR count). The summed E-state index contributed by atoms with van der Waals surface area (Å²) < 4.78 is 16.7. The molecule has 1 atom stereocenters. The normalized spacial score (nSPS) is 22.5. The van der Waals surface area contributed by atoms with Crippen molar-refractivity contribution in [3.05, 3.63) is 17.2 Å². The molecule has 0 unspecified atom stereocenters. The molecule has 0 aliphatic carbocycles. The van der Waals surface area contributed by atoms with Crippen molar-refractivity contribution in [1.82, 2.24) is 15.1 Å². The number of piperazine rings is 1. The maximum absolute atomic E-state index is 5.66. The molecule has 0 radical (unpaired) electrons. The molecule has 0 amide bonds. The van der Waals surface area contributed by atoms with Crippen LogP contribution in [0, 0.1) is 0 Å². The summed E-state index contributed by atoms with van der Waals surface area (Å²) in [6.07, 6.45) is 0. The average molecular weight is 321 g/mol. The second-order valence-corrected chi connectivity index (χ2v) is 6.20. The van der Waals surface area contributed by atoms with E-state index in [4.69, 9.17) is 14.2 Å². The van der Waals surface area contributed by atoms with Gasteiger partial charge in [-0.3, -0.25) is 4.90 Å². The van der Waals surface area contributed by atoms with Crippen LogP contribution >= 0.6 is 0 Å². The molecule has 1 aromatic rings. The Bertz CT molecular complexity index is 557. The fourth-order valence-electron chi connectivity index (χ4n) is 3.62. The van der Waals surface area contributed by atoms with Gasteiger partial charge in [0.1, 0.15) is 0 Å². The van der Waals surface area contributed by atoms with E-state index in [0.29, 0.717) is 11.8 Å². The molecule has 0 bridgehead atoms. The molecule has 0 saturated carbocycles. The fourth-order valence-corrected chi connectivity index (χ4v) is 3.62. The first-order valence-corrected chi connectivity index (χ1v) is 8.14. The zero-order valence-electron chi connectivity index (χ0n) is 14.5. The molecule has 1 fully saturated rings. The van der Waals surface area contributed by atoms with Crippen LogP contribution in [0.4, 0.5) is 0 Å². The summed E-state index contributed by atoms with van der Waals surface area (Å²) in [5.74, 6) is 2.20. The largest absolute Gasteiger partial charge is 0.493 e. The Morgan fingerprint density at radius 1 is 1.00 bits per heavy atom. The third-order valence-electron chi connectivity index (χ3n) is 4.94. The van der Waals surface area contributed by atoms with Crippen LogP contribution in [0.2, 0.25) is 0 Å². The van der Waals surface area contributed by atoms with E-state index in [0.717, 1.165) is 50.8 Å². The third kappa shape index (κ3) is 2.98. The maximum atomic E-state index is 5.66. The van der Waals surface area contributed by atoms with E-state index >= 15 is 0 Å². The quantitative estimate of drug-likeness (QED) is 0.896. The summed E-state index contributed by atoms with van der Waals surface area (Å²) >= 11 is 0. The highest BCUT2D eigenvalue weighted by Gasteiger charge is 2.32. The standard InChI is InChI=1S/C17H27N3O3/c1-19-5-7-20(8-6-19)14-11-18-10-13-12(14)9-15(21-2)17(23-4)16(13)22-3/h9,14,18H,5-8,10-11H2,1-4H3/t14-/m1/s1. The van der Waals surface area contributed by atoms with Gasteiger partial charge < -0.3 is 24.4 Å². The van der Waals surface area contributed by atoms with Crippen LogP contribution in [0.1, 0.15) is 17.2 Å². The van der Waals surface area contributed by atoms with Crippen LogP contribution in [-0.4, -0.2) is 70.9 Å². The Hall–Kier alpha value is -1.50. The molecule has 23 heavy (non-hydrogen) atoms. The van der Waals surface area contributed by atoms with Gasteiger partial charge in [0.15, 0.2) is 11.5 Å². The molecule has 6 heteroatoms. The van der Waals surface area contributed by atoms with Gasteiger partial charge in [-0.25, -0.2) is 0 Å². The van der Waals surface area contributed by atoms with Crippen LogP contribution in [0.5, 0.6) is 17.2 Å². The van der Waals surface area contributed by atoms with Crippen LogP contribution in [0.15, 0.2) is 6.07 Å². The van der Waals surface area contributed by atoms with Crippen LogP contribution in [0.25, 0.3) is 0 Å². The van der Waals surface area contributed by atoms with Crippen molar-refractivity contribution >= 4 is 0 Å². The number of methoxy groups -OCH3 is 3. The molecule has 2 heterocycles. The summed E-state index contributed by atoms with van der Waals surface area (Å²) in [4.78, 5) is 4.93. The Kier molecular flexibility index (Phi) is 4.94. The average Bonchev–Trinajstić information content (AvgIpc) is 2.60. The van der Waals surface area contributed by atoms with E-state index in [2.05, 4.69) is 28.2 Å². The Morgan fingerprint density at radius 3 is 2.30 bits per heavy atom. The zero-order valence-corrected chi connectivity index (χ0v) is 14.5. The number of rotatable bonds is 4. The molecule has 1 aromatic carbocycles. The van der Waals surface area contributed by atoms with E-state index in [-0.39, 0.29) is 0 Å². The molecular weight excluding hydrogens is 294 g/mol. The van der Waals surface area contributed by atoms with E-state index in [1.165, 1.54) is 11.1 Å². The van der Waals surface area contributed by atoms with Crippen molar-refractivity contribution in [2.45, 2.75) is 12.6 Å². The number of hydrogen-bond acceptors (Lipinski definition) is 6. The lowest BCUT2D eigenvalue weighted by atomic mass is 9.93. The summed E-state index contributed by atoms with van der Waals surface area (Å²) in [5, 5.41) is 3.53. The molecule has 0 aromatic heterocycles. The minimum Gasteiger partial charge on any atom is -0.493 e. The van der Waals surface area contributed by atoms with E-state index in [1.54, 1.807) is 21.3 Å². The van der Waals surface area contributed by atoms with Gasteiger partial charge in [0, 0.05) is 50.9 Å². The molecule has 128 valence electrons. The molecule has 0 spiro atoms. The highest BCUT2D eigenvalue weighted by Crippen LogP contribution is 2.45. The van der Waals surface area contributed by atoms with Crippen molar-refractivity contribution in [3.63, 3.8) is 0 Å². The predicted octanol–water partition coefficient (Wildman–Crippen LogP) is 1.10. The van der Waals surface area contributed by atoms with Gasteiger partial charge >= 0.3 is 0 Å². The van der Waals surface area contributed by atoms with E-state index < -0.39 is 0 Å². The van der Waals surface area contributed by atoms with Crippen LogP contribution in [-0.2, 0) is 6.54 Å². The maximum Gasteiger partial charge on any atom is 0.203 e. The van der Waals surface area contributed by atoms with Gasteiger partial charge in [-0.15, -0.1) is 0 Å². The smallest absolute Gasteiger partial charge is 0.203 e. The fraction of sp³-hybridized carbons (Fsp3) is 0.647. The monoisotopic (exact) mass is 321 g/mol. The first kappa shape index (κ1) is 16.4. The van der Waals surface area contributed by atoms with E-state index in [9.17, 15) is 0 Å². The lowest BCUT2D eigenvalue weighted by Crippen LogP contribution is -2.49. The van der Waals surface area contributed by atoms with Crippen LogP contribution < -0.4 is 19.5 Å². The summed E-state index contributed by atoms with van der Waals surface area (Å²) in [6.45, 7) is 6.13. The second kappa shape index (κ2) is 6.95. The molecule has 1 saturated heterocycles. The summed E-state index contributed by atoms with van der Waals surface area (Å²) in [5.41, 5.74) is 2.48. The minimum atomic E-state index is 0.348. The number of nitrogens with one attached hydrogen (secondary N) is 1. The molecule has 6 nitrogen and oxygen atoms in total. The lowest BCUT2D eigenvalue weighted by molar-refractivity contribution is 0.106. The Balaban J connectivity index is 2.00. The van der Waals surface area contributed by atoms with Crippen molar-refractivity contribution in [1.29, 1.82) is 0 Å². The molecular formula is C17H27N3O3. The predicted molar refractivity (Wildman–Crippen MR) is 89.6 cm³/mol. The number of hydrogen-bond donors (Lipinski definition) is 1. The minimum absolute atomic E-state index is 0.348. The van der Waals surface area contributed by atoms with Crippen molar-refractivity contribution < 1.29 is 14.2 Å². The van der Waals surface area contributed by atoms with Gasteiger partial charge in [-0.2, -0.15) is 0 Å². The number of benzene rings is 1. The Labute approximate surface area is 138 Å². The number of ether oxygens (including phenoxy) is 3. The topological polar surface area (TPSA) is 46.2 Å². The lowest BCUT2D eigenvalue weighted by Gasteiger charge is -2.41. The number of nitrogens with zero attached hydrogens (tertiary/aromatic N) is 2. The van der Waals surface area contributed by atoms with Crippen molar-refractivity contribution in [2.24, 2.45) is 0 Å². The van der Waals surface area contributed by atoms with Gasteiger partial charge in [-0.1, -0.05) is 0 Å². The van der Waals surface area contributed by atoms with Crippen LogP contribution in [0.3, 0.4) is 0 Å². The van der Waals surface area contributed by atoms with E-state index in [1.807, 2.05) is 0 Å². The number of likely N-dealkylation sites (N-methyl/N-ethyl adjacent to an activating group) is 1. The van der Waals surface area contributed by atoms with Gasteiger partial charge in [-0.05, 0) is 18.7 Å². The van der Waals surface area contributed by atoms with Crippen molar-refractivity contribution in [2.75, 3.05) is 61.1 Å². The van der Waals surface area contributed by atoms with Gasteiger partial charge in [0.25, 0.3) is 0 Å². The molecule has 2 aliphatic heterocycles. The first-order chi connectivity index (χ1) is 11.2. The Morgan fingerprint density at radius 2 is 1.70 bits per heavy atom. The highest BCUT2D eigenvalue weighted by atomic mass is 16.5. The number of fused-ring (bicyclic) bond motifs is 1. The zero-order chi connectivity index (χ0) is 16.4. The molecule has 2 aliphatic rings. The highest BCUT2D eigenvalue weighted by molar-refractivity contribution is 5.60. The molecule has 1 N–H and O–H groups in total. The summed E-state index contributed by atoms with van der Waals surface area (Å²) in [6, 6.07) is 2.47. The summed E-state index contributed by atoms with van der Waals surface area (Å²) in [7, 11) is 7.20. The van der Waals surface area contributed by atoms with Gasteiger partial charge in [0.2, 0.25) is 5.75 Å². The first-order valence-electron chi connectivity index (χ1n) is 8.14. The van der Waals surface area contributed by atoms with Crippen molar-refractivity contribution in [3.8, 4) is 17.2 Å².